The standard InChI is InChI=1S/C25H27N5O3/c1-28-10-12-29(13-11-28)25(32)20-16-22(27-21-5-3-2-4-19(20)21)23-17-30(14-15-33-23)24(31)18-6-8-26-9-7-18/h2-9,16,23H,10-15,17H2,1H3. The highest BCUT2D eigenvalue weighted by Crippen LogP contribution is 2.27. The molecule has 0 spiro atoms. The minimum absolute atomic E-state index is 0.0171. The third-order valence-electron chi connectivity index (χ3n) is 6.37. The van der Waals surface area contributed by atoms with Crippen molar-refractivity contribution in [3.63, 3.8) is 0 Å². The molecule has 2 aliphatic rings. The minimum atomic E-state index is -0.395. The number of likely N-dealkylation sites (N-methyl/N-ethyl adjacent to an activating group) is 1. The van der Waals surface area contributed by atoms with Gasteiger partial charge in [-0.3, -0.25) is 14.6 Å². The van der Waals surface area contributed by atoms with Gasteiger partial charge in [-0.1, -0.05) is 18.2 Å². The molecule has 2 saturated heterocycles. The Kier molecular flexibility index (Phi) is 6.02. The number of nitrogens with zero attached hydrogens (tertiary/aromatic N) is 5. The summed E-state index contributed by atoms with van der Waals surface area (Å²) in [7, 11) is 2.07. The largest absolute Gasteiger partial charge is 0.368 e. The molecule has 3 aromatic rings. The van der Waals surface area contributed by atoms with E-state index in [1.165, 1.54) is 0 Å². The number of hydrogen-bond donors (Lipinski definition) is 0. The highest BCUT2D eigenvalue weighted by molar-refractivity contribution is 6.06. The number of amides is 2. The Balaban J connectivity index is 1.44. The lowest BCUT2D eigenvalue weighted by Crippen LogP contribution is -2.47. The second-order valence-electron chi connectivity index (χ2n) is 8.55. The van der Waals surface area contributed by atoms with Gasteiger partial charge in [0.2, 0.25) is 0 Å². The first kappa shape index (κ1) is 21.5. The SMILES string of the molecule is CN1CCN(C(=O)c2cc(C3CN(C(=O)c4ccncc4)CCO3)nc3ccccc23)CC1. The van der Waals surface area contributed by atoms with E-state index in [2.05, 4.69) is 16.9 Å². The highest BCUT2D eigenvalue weighted by atomic mass is 16.5. The molecule has 0 radical (unpaired) electrons. The smallest absolute Gasteiger partial charge is 0.254 e. The van der Waals surface area contributed by atoms with E-state index in [4.69, 9.17) is 9.72 Å². The van der Waals surface area contributed by atoms with Gasteiger partial charge in [-0.05, 0) is 31.3 Å². The first-order chi connectivity index (χ1) is 16.1. The molecule has 8 heteroatoms. The molecule has 8 nitrogen and oxygen atoms in total. The number of hydrogen-bond acceptors (Lipinski definition) is 6. The van der Waals surface area contributed by atoms with Crippen molar-refractivity contribution < 1.29 is 14.3 Å². The van der Waals surface area contributed by atoms with E-state index >= 15 is 0 Å². The Morgan fingerprint density at radius 2 is 1.70 bits per heavy atom. The lowest BCUT2D eigenvalue weighted by Gasteiger charge is -2.34. The van der Waals surface area contributed by atoms with Crippen LogP contribution in [0.3, 0.4) is 0 Å². The van der Waals surface area contributed by atoms with Crippen LogP contribution in [0.4, 0.5) is 0 Å². The third-order valence-corrected chi connectivity index (χ3v) is 6.37. The van der Waals surface area contributed by atoms with Gasteiger partial charge in [0.05, 0.1) is 29.9 Å². The number of benzene rings is 1. The van der Waals surface area contributed by atoms with Crippen LogP contribution < -0.4 is 0 Å². The van der Waals surface area contributed by atoms with Gasteiger partial charge in [-0.25, -0.2) is 4.98 Å². The summed E-state index contributed by atoms with van der Waals surface area (Å²) in [6.45, 7) is 4.44. The second kappa shape index (κ2) is 9.25. The maximum Gasteiger partial charge on any atom is 0.254 e. The van der Waals surface area contributed by atoms with E-state index in [9.17, 15) is 9.59 Å². The number of morpholine rings is 1. The summed E-state index contributed by atoms with van der Waals surface area (Å²) in [5.74, 6) is -0.0382. The molecule has 33 heavy (non-hydrogen) atoms. The summed E-state index contributed by atoms with van der Waals surface area (Å²) in [4.78, 5) is 41.2. The van der Waals surface area contributed by atoms with Crippen LogP contribution in [0.2, 0.25) is 0 Å². The van der Waals surface area contributed by atoms with Crippen molar-refractivity contribution in [2.45, 2.75) is 6.10 Å². The molecule has 2 amide bonds. The number of carbonyl (C=O) groups is 2. The molecular formula is C25H27N5O3. The van der Waals surface area contributed by atoms with Crippen molar-refractivity contribution in [1.29, 1.82) is 0 Å². The average molecular weight is 446 g/mol. The van der Waals surface area contributed by atoms with Gasteiger partial charge in [-0.15, -0.1) is 0 Å². The number of fused-ring (bicyclic) bond motifs is 1. The summed E-state index contributed by atoms with van der Waals surface area (Å²) >= 11 is 0. The van der Waals surface area contributed by atoms with Gasteiger partial charge in [0.1, 0.15) is 6.10 Å². The molecule has 2 aliphatic heterocycles. The van der Waals surface area contributed by atoms with Gasteiger partial charge in [-0.2, -0.15) is 0 Å². The van der Waals surface area contributed by atoms with Crippen LogP contribution in [-0.4, -0.2) is 89.4 Å². The zero-order chi connectivity index (χ0) is 22.8. The van der Waals surface area contributed by atoms with Crippen molar-refractivity contribution in [1.82, 2.24) is 24.7 Å². The number of para-hydroxylation sites is 1. The maximum absolute atomic E-state index is 13.5. The molecule has 0 aliphatic carbocycles. The Morgan fingerprint density at radius 3 is 2.48 bits per heavy atom. The number of ether oxygens (including phenoxy) is 1. The molecule has 1 aromatic carbocycles. The first-order valence-corrected chi connectivity index (χ1v) is 11.3. The van der Waals surface area contributed by atoms with Crippen LogP contribution in [0.1, 0.15) is 32.5 Å². The average Bonchev–Trinajstić information content (AvgIpc) is 2.88. The molecular weight excluding hydrogens is 418 g/mol. The van der Waals surface area contributed by atoms with Crippen LogP contribution in [-0.2, 0) is 4.74 Å². The van der Waals surface area contributed by atoms with Crippen LogP contribution in [0, 0.1) is 0 Å². The number of aromatic nitrogens is 2. The summed E-state index contributed by atoms with van der Waals surface area (Å²) in [5, 5.41) is 0.839. The van der Waals surface area contributed by atoms with Gasteiger partial charge >= 0.3 is 0 Å². The topological polar surface area (TPSA) is 78.9 Å². The molecule has 0 saturated carbocycles. The van der Waals surface area contributed by atoms with Gasteiger partial charge in [0, 0.05) is 56.1 Å². The molecule has 170 valence electrons. The van der Waals surface area contributed by atoms with Crippen LogP contribution in [0.5, 0.6) is 0 Å². The Bertz CT molecular complexity index is 1160. The monoisotopic (exact) mass is 445 g/mol. The van der Waals surface area contributed by atoms with E-state index in [0.29, 0.717) is 49.6 Å². The van der Waals surface area contributed by atoms with E-state index in [0.717, 1.165) is 24.0 Å². The fourth-order valence-corrected chi connectivity index (χ4v) is 4.41. The predicted octanol–water partition coefficient (Wildman–Crippen LogP) is 2.23. The number of pyridine rings is 2. The molecule has 0 bridgehead atoms. The summed E-state index contributed by atoms with van der Waals surface area (Å²) in [6, 6.07) is 13.0. The Morgan fingerprint density at radius 1 is 0.939 bits per heavy atom. The van der Waals surface area contributed by atoms with E-state index < -0.39 is 6.10 Å². The number of rotatable bonds is 3. The van der Waals surface area contributed by atoms with Gasteiger partial charge in [0.25, 0.3) is 11.8 Å². The molecule has 2 aromatic heterocycles. The van der Waals surface area contributed by atoms with E-state index in [1.54, 1.807) is 29.4 Å². The number of carbonyl (C=O) groups excluding carboxylic acids is 2. The lowest BCUT2D eigenvalue weighted by atomic mass is 10.0. The van der Waals surface area contributed by atoms with Crippen LogP contribution in [0.25, 0.3) is 10.9 Å². The van der Waals surface area contributed by atoms with Crippen molar-refractivity contribution in [3.8, 4) is 0 Å². The van der Waals surface area contributed by atoms with Crippen LogP contribution in [0.15, 0.2) is 54.9 Å². The summed E-state index contributed by atoms with van der Waals surface area (Å²) in [5.41, 5.74) is 2.68. The fraction of sp³-hybridized carbons (Fsp3) is 0.360. The Hall–Kier alpha value is -3.36. The highest BCUT2D eigenvalue weighted by Gasteiger charge is 2.29. The molecule has 5 rings (SSSR count). The van der Waals surface area contributed by atoms with Crippen molar-refractivity contribution in [2.24, 2.45) is 0 Å². The molecule has 0 N–H and O–H groups in total. The quantitative estimate of drug-likeness (QED) is 0.615. The second-order valence-corrected chi connectivity index (χ2v) is 8.55. The predicted molar refractivity (Wildman–Crippen MR) is 124 cm³/mol. The summed E-state index contributed by atoms with van der Waals surface area (Å²) in [6.07, 6.45) is 2.84. The minimum Gasteiger partial charge on any atom is -0.368 e. The fourth-order valence-electron chi connectivity index (χ4n) is 4.41. The van der Waals surface area contributed by atoms with Crippen LogP contribution >= 0.6 is 0 Å². The summed E-state index contributed by atoms with van der Waals surface area (Å²) < 4.78 is 6.02. The molecule has 2 fully saturated rings. The Labute approximate surface area is 192 Å². The van der Waals surface area contributed by atoms with Gasteiger partial charge in [0.15, 0.2) is 0 Å². The zero-order valence-electron chi connectivity index (χ0n) is 18.7. The molecule has 1 unspecified atom stereocenters. The lowest BCUT2D eigenvalue weighted by molar-refractivity contribution is -0.0246. The van der Waals surface area contributed by atoms with Crippen molar-refractivity contribution >= 4 is 22.7 Å². The zero-order valence-corrected chi connectivity index (χ0v) is 18.7. The molecule has 1 atom stereocenters. The maximum atomic E-state index is 13.5. The molecule has 4 heterocycles. The van der Waals surface area contributed by atoms with Gasteiger partial charge < -0.3 is 19.4 Å². The van der Waals surface area contributed by atoms with Crippen molar-refractivity contribution in [3.05, 3.63) is 71.7 Å². The third kappa shape index (κ3) is 4.44. The first-order valence-electron chi connectivity index (χ1n) is 11.3. The van der Waals surface area contributed by atoms with E-state index in [-0.39, 0.29) is 11.8 Å². The van der Waals surface area contributed by atoms with E-state index in [1.807, 2.05) is 35.2 Å². The normalized spacial score (nSPS) is 19.6. The number of piperazine rings is 1. The van der Waals surface area contributed by atoms with Crippen molar-refractivity contribution in [2.75, 3.05) is 52.9 Å².